The van der Waals surface area contributed by atoms with E-state index in [4.69, 9.17) is 20.4 Å². The second kappa shape index (κ2) is 8.03. The van der Waals surface area contributed by atoms with Gasteiger partial charge in [0.25, 0.3) is 5.91 Å². The van der Waals surface area contributed by atoms with Crippen molar-refractivity contribution >= 4 is 50.9 Å². The number of para-hydroxylation sites is 1. The van der Waals surface area contributed by atoms with Crippen molar-refractivity contribution < 1.29 is 22.8 Å². The number of benzene rings is 3. The number of halogens is 2. The Bertz CT molecular complexity index is 1620. The highest BCUT2D eigenvalue weighted by atomic mass is 35.5. The Labute approximate surface area is 190 Å². The minimum atomic E-state index is -0.747. The second-order valence-electron chi connectivity index (χ2n) is 7.21. The second-order valence-corrected chi connectivity index (χ2v) is 7.64. The monoisotopic (exact) mass is 461 g/mol. The molecule has 1 N–H and O–H groups in total. The van der Waals surface area contributed by atoms with E-state index in [2.05, 4.69) is 5.32 Å². The first-order chi connectivity index (χ1) is 15.9. The maximum Gasteiger partial charge on any atom is 0.291 e. The maximum atomic E-state index is 13.3. The number of hydrogen-bond acceptors (Lipinski definition) is 5. The zero-order valence-electron chi connectivity index (χ0n) is 16.7. The van der Waals surface area contributed by atoms with Gasteiger partial charge >= 0.3 is 0 Å². The number of rotatable bonds is 4. The van der Waals surface area contributed by atoms with E-state index in [0.717, 1.165) is 18.2 Å². The van der Waals surface area contributed by atoms with Gasteiger partial charge in [-0.3, -0.25) is 14.4 Å². The van der Waals surface area contributed by atoms with Gasteiger partial charge in [-0.15, -0.1) is 0 Å². The summed E-state index contributed by atoms with van der Waals surface area (Å²) in [4.78, 5) is 38.5. The van der Waals surface area contributed by atoms with Crippen LogP contribution in [0.2, 0.25) is 5.02 Å². The Morgan fingerprint density at radius 1 is 0.848 bits per heavy atom. The van der Waals surface area contributed by atoms with E-state index in [-0.39, 0.29) is 33.7 Å². The van der Waals surface area contributed by atoms with Gasteiger partial charge < -0.3 is 14.2 Å². The molecule has 8 heteroatoms. The van der Waals surface area contributed by atoms with Crippen molar-refractivity contribution in [3.8, 4) is 0 Å². The Kier molecular flexibility index (Phi) is 5.03. The highest BCUT2D eigenvalue weighted by Gasteiger charge is 2.25. The first kappa shape index (κ1) is 20.7. The molecule has 0 atom stereocenters. The number of carbonyl (C=O) groups excluding carboxylic acids is 2. The van der Waals surface area contributed by atoms with E-state index in [1.54, 1.807) is 24.3 Å². The Morgan fingerprint density at radius 3 is 2.36 bits per heavy atom. The average molecular weight is 462 g/mol. The van der Waals surface area contributed by atoms with Gasteiger partial charge in [-0.25, -0.2) is 4.39 Å². The lowest BCUT2D eigenvalue weighted by molar-refractivity contribution is 0.0997. The molecule has 6 nitrogen and oxygen atoms in total. The molecule has 2 aromatic heterocycles. The van der Waals surface area contributed by atoms with Crippen molar-refractivity contribution in [2.24, 2.45) is 0 Å². The number of ketones is 1. The fourth-order valence-corrected chi connectivity index (χ4v) is 3.65. The standard InChI is InChI=1S/C25H13ClFNO5/c26-14-7-10-20-17(11-14)18(29)12-21(32-20)25(31)28-22-16-3-1-2-4-19(16)33-24(22)23(30)13-5-8-15(27)9-6-13/h1-12H,(H,28,31). The molecule has 33 heavy (non-hydrogen) atoms. The molecular weight excluding hydrogens is 449 g/mol. The number of nitrogens with one attached hydrogen (secondary N) is 1. The smallest absolute Gasteiger partial charge is 0.291 e. The highest BCUT2D eigenvalue weighted by Crippen LogP contribution is 2.33. The number of hydrogen-bond donors (Lipinski definition) is 1. The van der Waals surface area contributed by atoms with Crippen LogP contribution in [0.25, 0.3) is 21.9 Å². The van der Waals surface area contributed by atoms with E-state index in [1.807, 2.05) is 0 Å². The zero-order chi connectivity index (χ0) is 23.1. The zero-order valence-corrected chi connectivity index (χ0v) is 17.5. The minimum Gasteiger partial charge on any atom is -0.451 e. The summed E-state index contributed by atoms with van der Waals surface area (Å²) >= 11 is 5.93. The van der Waals surface area contributed by atoms with Gasteiger partial charge in [0.2, 0.25) is 5.78 Å². The molecule has 5 aromatic rings. The molecule has 0 radical (unpaired) electrons. The molecule has 0 fully saturated rings. The van der Waals surface area contributed by atoms with Gasteiger partial charge in [0, 0.05) is 22.0 Å². The topological polar surface area (TPSA) is 89.5 Å². The molecule has 162 valence electrons. The highest BCUT2D eigenvalue weighted by molar-refractivity contribution is 6.31. The van der Waals surface area contributed by atoms with E-state index < -0.39 is 22.9 Å². The van der Waals surface area contributed by atoms with Gasteiger partial charge in [0.05, 0.1) is 11.1 Å². The lowest BCUT2D eigenvalue weighted by Gasteiger charge is -2.07. The van der Waals surface area contributed by atoms with Crippen molar-refractivity contribution in [2.75, 3.05) is 5.32 Å². The first-order valence-corrected chi connectivity index (χ1v) is 10.1. The van der Waals surface area contributed by atoms with Crippen LogP contribution in [0, 0.1) is 5.82 Å². The van der Waals surface area contributed by atoms with Gasteiger partial charge in [-0.1, -0.05) is 23.7 Å². The first-order valence-electron chi connectivity index (χ1n) is 9.77. The fourth-order valence-electron chi connectivity index (χ4n) is 3.48. The van der Waals surface area contributed by atoms with Crippen molar-refractivity contribution in [1.82, 2.24) is 0 Å². The van der Waals surface area contributed by atoms with Crippen LogP contribution in [0.15, 0.2) is 86.4 Å². The van der Waals surface area contributed by atoms with Crippen LogP contribution in [-0.2, 0) is 0 Å². The number of amides is 1. The number of fused-ring (bicyclic) bond motifs is 2. The summed E-state index contributed by atoms with van der Waals surface area (Å²) in [6.07, 6.45) is 0. The molecule has 0 saturated carbocycles. The van der Waals surface area contributed by atoms with E-state index >= 15 is 0 Å². The molecule has 0 saturated heterocycles. The van der Waals surface area contributed by atoms with Crippen LogP contribution in [0.4, 0.5) is 10.1 Å². The van der Waals surface area contributed by atoms with Crippen molar-refractivity contribution in [2.45, 2.75) is 0 Å². The number of furan rings is 1. The average Bonchev–Trinajstić information content (AvgIpc) is 3.18. The molecule has 0 bridgehead atoms. The molecule has 1 amide bonds. The quantitative estimate of drug-likeness (QED) is 0.341. The Balaban J connectivity index is 1.58. The van der Waals surface area contributed by atoms with Gasteiger partial charge in [-0.05, 0) is 54.6 Å². The van der Waals surface area contributed by atoms with Crippen LogP contribution >= 0.6 is 11.6 Å². The Hall–Kier alpha value is -4.23. The lowest BCUT2D eigenvalue weighted by Crippen LogP contribution is -2.16. The third kappa shape index (κ3) is 3.79. The van der Waals surface area contributed by atoms with Crippen molar-refractivity contribution in [3.63, 3.8) is 0 Å². The van der Waals surface area contributed by atoms with E-state index in [0.29, 0.717) is 16.0 Å². The van der Waals surface area contributed by atoms with E-state index in [1.165, 1.54) is 30.3 Å². The summed E-state index contributed by atoms with van der Waals surface area (Å²) < 4.78 is 24.6. The third-order valence-electron chi connectivity index (χ3n) is 5.06. The molecule has 0 unspecified atom stereocenters. The molecule has 0 spiro atoms. The number of anilines is 1. The van der Waals surface area contributed by atoms with Gasteiger partial charge in [0.1, 0.15) is 17.0 Å². The normalized spacial score (nSPS) is 11.1. The molecular formula is C25H13ClFNO5. The summed E-state index contributed by atoms with van der Waals surface area (Å²) in [6, 6.07) is 17.3. The predicted octanol–water partition coefficient (Wildman–Crippen LogP) is 5.82. The summed E-state index contributed by atoms with van der Waals surface area (Å²) in [5, 5.41) is 3.70. The van der Waals surface area contributed by atoms with Gasteiger partial charge in [-0.2, -0.15) is 0 Å². The lowest BCUT2D eigenvalue weighted by atomic mass is 10.1. The van der Waals surface area contributed by atoms with Gasteiger partial charge in [0.15, 0.2) is 16.9 Å². The van der Waals surface area contributed by atoms with Crippen LogP contribution in [0.1, 0.15) is 26.7 Å². The largest absolute Gasteiger partial charge is 0.451 e. The van der Waals surface area contributed by atoms with Crippen LogP contribution in [0.5, 0.6) is 0 Å². The van der Waals surface area contributed by atoms with Crippen molar-refractivity contribution in [3.05, 3.63) is 111 Å². The molecule has 5 rings (SSSR count). The van der Waals surface area contributed by atoms with Crippen LogP contribution in [-0.4, -0.2) is 11.7 Å². The molecule has 0 aliphatic rings. The summed E-state index contributed by atoms with van der Waals surface area (Å²) in [5.41, 5.74) is 0.414. The molecule has 3 aromatic carbocycles. The molecule has 2 heterocycles. The summed E-state index contributed by atoms with van der Waals surface area (Å²) in [6.45, 7) is 0. The van der Waals surface area contributed by atoms with Crippen LogP contribution < -0.4 is 10.7 Å². The predicted molar refractivity (Wildman–Crippen MR) is 121 cm³/mol. The van der Waals surface area contributed by atoms with Crippen LogP contribution in [0.3, 0.4) is 0 Å². The SMILES string of the molecule is O=C(Nc1c(C(=O)c2ccc(F)cc2)oc2ccccc12)c1cc(=O)c2cc(Cl)ccc2o1. The summed E-state index contributed by atoms with van der Waals surface area (Å²) in [5.74, 6) is -2.16. The summed E-state index contributed by atoms with van der Waals surface area (Å²) in [7, 11) is 0. The Morgan fingerprint density at radius 2 is 1.58 bits per heavy atom. The number of carbonyl (C=O) groups is 2. The van der Waals surface area contributed by atoms with E-state index in [9.17, 15) is 18.8 Å². The molecule has 0 aliphatic heterocycles. The van der Waals surface area contributed by atoms with Crippen molar-refractivity contribution in [1.29, 1.82) is 0 Å². The maximum absolute atomic E-state index is 13.3. The third-order valence-corrected chi connectivity index (χ3v) is 5.29. The fraction of sp³-hybridized carbons (Fsp3) is 0. The minimum absolute atomic E-state index is 0.115. The molecule has 0 aliphatic carbocycles.